The Hall–Kier alpha value is -2.22. The molecule has 0 heterocycles. The van der Waals surface area contributed by atoms with Crippen LogP contribution >= 0.6 is 0 Å². The van der Waals surface area contributed by atoms with E-state index in [2.05, 4.69) is 38.4 Å². The molecule has 178 valence electrons. The molecule has 0 N–H and O–H groups in total. The van der Waals surface area contributed by atoms with E-state index in [1.165, 1.54) is 17.7 Å². The van der Waals surface area contributed by atoms with E-state index in [4.69, 9.17) is 4.74 Å². The zero-order valence-electron chi connectivity index (χ0n) is 20.1. The summed E-state index contributed by atoms with van der Waals surface area (Å²) in [6, 6.07) is 16.3. The second-order valence-electron chi connectivity index (χ2n) is 9.26. The third-order valence-electron chi connectivity index (χ3n) is 5.52. The molecule has 0 spiro atoms. The number of rotatable bonds is 9. The van der Waals surface area contributed by atoms with Crippen LogP contribution in [0.2, 0.25) is 0 Å². The first-order valence-electron chi connectivity index (χ1n) is 10.8. The number of carbonyl (C=O) groups excluding carboxylic acids is 1. The highest BCUT2D eigenvalue weighted by Gasteiger charge is 2.27. The lowest BCUT2D eigenvalue weighted by Gasteiger charge is -2.30. The molecule has 0 fully saturated rings. The molecule has 2 aromatic rings. The van der Waals surface area contributed by atoms with Crippen LogP contribution in [0.1, 0.15) is 38.3 Å². The molecule has 0 saturated carbocycles. The minimum atomic E-state index is -4.27. The number of likely N-dealkylation sites (N-methyl/N-ethyl adjacent to an activating group) is 1. The molecular weight excluding hydrogens is 426 g/mol. The third kappa shape index (κ3) is 10.4. The molecule has 0 aliphatic heterocycles. The summed E-state index contributed by atoms with van der Waals surface area (Å²) >= 11 is 0. The fraction of sp³-hybridized carbons (Fsp3) is 0.480. The van der Waals surface area contributed by atoms with Crippen LogP contribution in [0, 0.1) is 12.3 Å². The van der Waals surface area contributed by atoms with Crippen molar-refractivity contribution in [3.05, 3.63) is 65.7 Å². The van der Waals surface area contributed by atoms with Crippen molar-refractivity contribution in [1.29, 1.82) is 0 Å². The molecular formula is C25H37NO5S. The molecule has 0 aromatic heterocycles. The summed E-state index contributed by atoms with van der Waals surface area (Å²) < 4.78 is 37.5. The van der Waals surface area contributed by atoms with Gasteiger partial charge in [0, 0.05) is 6.42 Å². The first-order valence-corrected chi connectivity index (χ1v) is 12.2. The Labute approximate surface area is 193 Å². The van der Waals surface area contributed by atoms with Gasteiger partial charge in [-0.1, -0.05) is 55.0 Å². The van der Waals surface area contributed by atoms with Gasteiger partial charge in [-0.15, -0.1) is 0 Å². The Morgan fingerprint density at radius 2 is 1.56 bits per heavy atom. The Morgan fingerprint density at radius 1 is 1.00 bits per heavy atom. The standard InChI is InChI=1S/C18H30NO2.C7H8O3S/c1-6-18(2,3)17(20)21-15-14-19(4,5)13-12-16-10-8-7-9-11-16;1-6-2-4-7(5-3-6)11(8,9)10/h7-11H,6,12-15H2,1-5H3;2-5H,1H3,(H,8,9,10)/q+1;/p-1. The molecule has 32 heavy (non-hydrogen) atoms. The molecule has 7 heteroatoms. The number of aryl methyl sites for hydroxylation is 1. The predicted molar refractivity (Wildman–Crippen MR) is 126 cm³/mol. The van der Waals surface area contributed by atoms with E-state index in [9.17, 15) is 17.8 Å². The molecule has 6 nitrogen and oxygen atoms in total. The Bertz CT molecular complexity index is 936. The third-order valence-corrected chi connectivity index (χ3v) is 6.37. The van der Waals surface area contributed by atoms with Gasteiger partial charge in [0.15, 0.2) is 0 Å². The number of quaternary nitrogens is 1. The van der Waals surface area contributed by atoms with Crippen LogP contribution in [-0.2, 0) is 26.1 Å². The van der Waals surface area contributed by atoms with Crippen LogP contribution in [0.3, 0.4) is 0 Å². The maximum atomic E-state index is 11.9. The fourth-order valence-corrected chi connectivity index (χ4v) is 3.09. The number of hydrogen-bond acceptors (Lipinski definition) is 5. The van der Waals surface area contributed by atoms with Gasteiger partial charge in [0.1, 0.15) is 23.3 Å². The van der Waals surface area contributed by atoms with Crippen molar-refractivity contribution >= 4 is 16.1 Å². The average Bonchev–Trinajstić information content (AvgIpc) is 2.73. The number of esters is 1. The molecule has 0 saturated heterocycles. The second kappa shape index (κ2) is 12.1. The number of nitrogens with zero attached hydrogens (tertiary/aromatic N) is 1. The van der Waals surface area contributed by atoms with Crippen LogP contribution < -0.4 is 0 Å². The van der Waals surface area contributed by atoms with Crippen LogP contribution in [0.4, 0.5) is 0 Å². The quantitative estimate of drug-likeness (QED) is 0.316. The van der Waals surface area contributed by atoms with E-state index < -0.39 is 10.1 Å². The first-order chi connectivity index (χ1) is 14.8. The van der Waals surface area contributed by atoms with Gasteiger partial charge in [0.2, 0.25) is 0 Å². The topological polar surface area (TPSA) is 83.5 Å². The summed E-state index contributed by atoms with van der Waals surface area (Å²) in [6.45, 7) is 10.1. The van der Waals surface area contributed by atoms with E-state index in [0.717, 1.165) is 36.0 Å². The predicted octanol–water partition coefficient (Wildman–Crippen LogP) is 4.18. The van der Waals surface area contributed by atoms with Crippen molar-refractivity contribution in [3.63, 3.8) is 0 Å². The highest BCUT2D eigenvalue weighted by molar-refractivity contribution is 7.85. The Morgan fingerprint density at radius 3 is 2.06 bits per heavy atom. The van der Waals surface area contributed by atoms with Crippen LogP contribution in [-0.4, -0.2) is 57.2 Å². The van der Waals surface area contributed by atoms with Gasteiger partial charge in [0.25, 0.3) is 0 Å². The lowest BCUT2D eigenvalue weighted by molar-refractivity contribution is -0.890. The highest BCUT2D eigenvalue weighted by Crippen LogP contribution is 2.21. The van der Waals surface area contributed by atoms with Crippen LogP contribution in [0.25, 0.3) is 0 Å². The SMILES string of the molecule is CCC(C)(C)C(=O)OCC[N+](C)(C)CCc1ccccc1.Cc1ccc(S(=O)(=O)[O-])cc1. The maximum Gasteiger partial charge on any atom is 0.311 e. The molecule has 0 aliphatic carbocycles. The van der Waals surface area contributed by atoms with Gasteiger partial charge in [-0.25, -0.2) is 8.42 Å². The molecule has 0 amide bonds. The molecule has 0 aliphatic rings. The summed E-state index contributed by atoms with van der Waals surface area (Å²) in [5.74, 6) is -0.0898. The van der Waals surface area contributed by atoms with Gasteiger partial charge in [-0.3, -0.25) is 4.79 Å². The van der Waals surface area contributed by atoms with E-state index in [1.807, 2.05) is 33.8 Å². The Kier molecular flexibility index (Phi) is 10.5. The van der Waals surface area contributed by atoms with E-state index >= 15 is 0 Å². The van der Waals surface area contributed by atoms with Crippen LogP contribution in [0.15, 0.2) is 59.5 Å². The van der Waals surface area contributed by atoms with Crippen molar-refractivity contribution in [1.82, 2.24) is 0 Å². The number of ether oxygens (including phenoxy) is 1. The van der Waals surface area contributed by atoms with Gasteiger partial charge in [-0.05, 0) is 44.9 Å². The molecule has 2 aromatic carbocycles. The normalized spacial score (nSPS) is 12.0. The van der Waals surface area contributed by atoms with Gasteiger partial charge in [0.05, 0.1) is 31.0 Å². The lowest BCUT2D eigenvalue weighted by atomic mass is 9.91. The maximum absolute atomic E-state index is 11.9. The largest absolute Gasteiger partial charge is 0.744 e. The summed E-state index contributed by atoms with van der Waals surface area (Å²) in [5.41, 5.74) is 1.91. The smallest absolute Gasteiger partial charge is 0.311 e. The second-order valence-corrected chi connectivity index (χ2v) is 10.6. The van der Waals surface area contributed by atoms with Crippen LogP contribution in [0.5, 0.6) is 0 Å². The molecule has 0 bridgehead atoms. The Balaban J connectivity index is 0.000000389. The average molecular weight is 464 g/mol. The fourth-order valence-electron chi connectivity index (χ4n) is 2.62. The van der Waals surface area contributed by atoms with Gasteiger partial charge in [-0.2, -0.15) is 0 Å². The van der Waals surface area contributed by atoms with Crippen molar-refractivity contribution in [2.75, 3.05) is 33.8 Å². The monoisotopic (exact) mass is 463 g/mol. The number of carbonyl (C=O) groups is 1. The molecule has 0 radical (unpaired) electrons. The van der Waals surface area contributed by atoms with Gasteiger partial charge >= 0.3 is 5.97 Å². The summed E-state index contributed by atoms with van der Waals surface area (Å²) in [6.07, 6.45) is 1.85. The molecule has 0 unspecified atom stereocenters. The minimum Gasteiger partial charge on any atom is -0.744 e. The summed E-state index contributed by atoms with van der Waals surface area (Å²) in [7, 11) is 0.0950. The number of benzene rings is 2. The number of hydrogen-bond donors (Lipinski definition) is 0. The van der Waals surface area contributed by atoms with Crippen molar-refractivity contribution < 1.29 is 27.0 Å². The zero-order valence-corrected chi connectivity index (χ0v) is 20.9. The summed E-state index contributed by atoms with van der Waals surface area (Å²) in [5, 5.41) is 0. The van der Waals surface area contributed by atoms with Gasteiger partial charge < -0.3 is 13.8 Å². The van der Waals surface area contributed by atoms with E-state index in [-0.39, 0.29) is 16.3 Å². The van der Waals surface area contributed by atoms with Crippen molar-refractivity contribution in [2.45, 2.75) is 45.4 Å². The van der Waals surface area contributed by atoms with E-state index in [0.29, 0.717) is 6.61 Å². The first kappa shape index (κ1) is 27.8. The van der Waals surface area contributed by atoms with E-state index in [1.54, 1.807) is 12.1 Å². The summed E-state index contributed by atoms with van der Waals surface area (Å²) in [4.78, 5) is 11.8. The highest BCUT2D eigenvalue weighted by atomic mass is 32.2. The van der Waals surface area contributed by atoms with Crippen molar-refractivity contribution in [3.8, 4) is 0 Å². The zero-order chi connectivity index (χ0) is 24.4. The molecule has 2 rings (SSSR count). The minimum absolute atomic E-state index is 0.0898. The molecule has 0 atom stereocenters. The van der Waals surface area contributed by atoms with Crippen molar-refractivity contribution in [2.24, 2.45) is 5.41 Å². The lowest BCUT2D eigenvalue weighted by Crippen LogP contribution is -2.44.